The van der Waals surface area contributed by atoms with Crippen LogP contribution >= 0.6 is 0 Å². The first-order valence-corrected chi connectivity index (χ1v) is 5.70. The molecule has 1 rings (SSSR count). The first-order chi connectivity index (χ1) is 6.95. The maximum atomic E-state index is 11.5. The van der Waals surface area contributed by atoms with E-state index < -0.39 is 15.9 Å². The molecule has 1 aromatic rings. The van der Waals surface area contributed by atoms with Gasteiger partial charge in [0.2, 0.25) is 0 Å². The highest BCUT2D eigenvalue weighted by atomic mass is 32.2. The quantitative estimate of drug-likeness (QED) is 0.780. The molecule has 0 fully saturated rings. The standard InChI is InChI=1S/C10H11NO3S/c1-3-10(12)11-15(13,14)9-6-4-8(2)5-7-9/h3-7H,1H2,2H3,(H,11,12). The van der Waals surface area contributed by atoms with Gasteiger partial charge in [0, 0.05) is 0 Å². The molecular weight excluding hydrogens is 214 g/mol. The molecule has 4 nitrogen and oxygen atoms in total. The number of aryl methyl sites for hydroxylation is 1. The number of carbonyl (C=O) groups is 1. The van der Waals surface area contributed by atoms with Gasteiger partial charge in [-0.3, -0.25) is 4.79 Å². The summed E-state index contributed by atoms with van der Waals surface area (Å²) in [6.45, 7) is 5.02. The molecule has 0 heterocycles. The Hall–Kier alpha value is -1.62. The van der Waals surface area contributed by atoms with E-state index in [1.807, 2.05) is 11.6 Å². The van der Waals surface area contributed by atoms with Crippen molar-refractivity contribution in [3.05, 3.63) is 42.5 Å². The molecule has 0 unspecified atom stereocenters. The molecule has 0 radical (unpaired) electrons. The Labute approximate surface area is 88.7 Å². The summed E-state index contributed by atoms with van der Waals surface area (Å²) in [4.78, 5) is 10.9. The SMILES string of the molecule is C=CC(=O)NS(=O)(=O)c1ccc(C)cc1. The van der Waals surface area contributed by atoms with Crippen molar-refractivity contribution in [1.29, 1.82) is 0 Å². The van der Waals surface area contributed by atoms with Gasteiger partial charge in [-0.05, 0) is 25.1 Å². The number of hydrogen-bond acceptors (Lipinski definition) is 3. The van der Waals surface area contributed by atoms with E-state index in [9.17, 15) is 13.2 Å². The second-order valence-corrected chi connectivity index (χ2v) is 4.67. The molecule has 15 heavy (non-hydrogen) atoms. The molecule has 0 spiro atoms. The third-order valence-corrected chi connectivity index (χ3v) is 3.11. The summed E-state index contributed by atoms with van der Waals surface area (Å²) in [6.07, 6.45) is 0.908. The Kier molecular flexibility index (Phi) is 3.26. The van der Waals surface area contributed by atoms with E-state index >= 15 is 0 Å². The Morgan fingerprint density at radius 2 is 1.87 bits per heavy atom. The average Bonchev–Trinajstić information content (AvgIpc) is 2.17. The van der Waals surface area contributed by atoms with Gasteiger partial charge in [-0.1, -0.05) is 24.3 Å². The van der Waals surface area contributed by atoms with Crippen molar-refractivity contribution in [2.24, 2.45) is 0 Å². The number of nitrogens with one attached hydrogen (secondary N) is 1. The van der Waals surface area contributed by atoms with E-state index in [2.05, 4.69) is 6.58 Å². The van der Waals surface area contributed by atoms with E-state index in [0.29, 0.717) is 0 Å². The van der Waals surface area contributed by atoms with Gasteiger partial charge in [0.1, 0.15) is 0 Å². The van der Waals surface area contributed by atoms with Crippen LogP contribution in [0, 0.1) is 6.92 Å². The third-order valence-electron chi connectivity index (χ3n) is 1.75. The van der Waals surface area contributed by atoms with Gasteiger partial charge in [0.05, 0.1) is 4.90 Å². The van der Waals surface area contributed by atoms with Crippen molar-refractivity contribution in [2.75, 3.05) is 0 Å². The van der Waals surface area contributed by atoms with Crippen molar-refractivity contribution in [3.8, 4) is 0 Å². The Bertz CT molecular complexity index is 474. The first-order valence-electron chi connectivity index (χ1n) is 4.21. The van der Waals surface area contributed by atoms with Crippen LogP contribution in [-0.2, 0) is 14.8 Å². The highest BCUT2D eigenvalue weighted by Crippen LogP contribution is 2.09. The van der Waals surface area contributed by atoms with Crippen molar-refractivity contribution in [2.45, 2.75) is 11.8 Å². The second kappa shape index (κ2) is 4.27. The summed E-state index contributed by atoms with van der Waals surface area (Å²) in [5, 5.41) is 0. The van der Waals surface area contributed by atoms with Gasteiger partial charge in [0.15, 0.2) is 0 Å². The monoisotopic (exact) mass is 225 g/mol. The maximum Gasteiger partial charge on any atom is 0.264 e. The number of carbonyl (C=O) groups excluding carboxylic acids is 1. The molecule has 0 aliphatic heterocycles. The molecule has 0 aliphatic carbocycles. The Balaban J connectivity index is 3.01. The topological polar surface area (TPSA) is 63.2 Å². The molecule has 5 heteroatoms. The molecule has 0 bridgehead atoms. The smallest absolute Gasteiger partial charge is 0.264 e. The van der Waals surface area contributed by atoms with E-state index in [0.717, 1.165) is 11.6 Å². The molecule has 1 N–H and O–H groups in total. The summed E-state index contributed by atoms with van der Waals surface area (Å²) in [7, 11) is -3.76. The van der Waals surface area contributed by atoms with Crippen LogP contribution in [0.4, 0.5) is 0 Å². The predicted molar refractivity (Wildman–Crippen MR) is 56.7 cm³/mol. The Morgan fingerprint density at radius 1 is 1.33 bits per heavy atom. The fourth-order valence-corrected chi connectivity index (χ4v) is 1.91. The lowest BCUT2D eigenvalue weighted by molar-refractivity contribution is -0.114. The van der Waals surface area contributed by atoms with Crippen LogP contribution in [0.3, 0.4) is 0 Å². The normalized spacial score (nSPS) is 10.7. The van der Waals surface area contributed by atoms with Crippen LogP contribution in [0.15, 0.2) is 41.8 Å². The zero-order chi connectivity index (χ0) is 11.5. The van der Waals surface area contributed by atoms with Crippen molar-refractivity contribution < 1.29 is 13.2 Å². The predicted octanol–water partition coefficient (Wildman–Crippen LogP) is 0.986. The molecule has 1 aromatic carbocycles. The van der Waals surface area contributed by atoms with Crippen molar-refractivity contribution in [1.82, 2.24) is 4.72 Å². The van der Waals surface area contributed by atoms with Crippen LogP contribution in [0.5, 0.6) is 0 Å². The van der Waals surface area contributed by atoms with Gasteiger partial charge in [-0.15, -0.1) is 0 Å². The molecule has 0 aliphatic rings. The highest BCUT2D eigenvalue weighted by Gasteiger charge is 2.14. The zero-order valence-corrected chi connectivity index (χ0v) is 9.04. The summed E-state index contributed by atoms with van der Waals surface area (Å²) >= 11 is 0. The van der Waals surface area contributed by atoms with Crippen molar-refractivity contribution >= 4 is 15.9 Å². The van der Waals surface area contributed by atoms with Gasteiger partial charge in [-0.25, -0.2) is 13.1 Å². The van der Waals surface area contributed by atoms with Crippen LogP contribution in [0.25, 0.3) is 0 Å². The molecule has 0 saturated heterocycles. The van der Waals surface area contributed by atoms with E-state index in [1.54, 1.807) is 12.1 Å². The minimum absolute atomic E-state index is 0.0586. The average molecular weight is 225 g/mol. The minimum atomic E-state index is -3.76. The van der Waals surface area contributed by atoms with E-state index in [4.69, 9.17) is 0 Å². The number of benzene rings is 1. The summed E-state index contributed by atoms with van der Waals surface area (Å²) in [6, 6.07) is 6.20. The zero-order valence-electron chi connectivity index (χ0n) is 8.23. The number of sulfonamides is 1. The summed E-state index contributed by atoms with van der Waals surface area (Å²) in [5.41, 5.74) is 0.948. The molecule has 0 saturated carbocycles. The van der Waals surface area contributed by atoms with Crippen LogP contribution < -0.4 is 4.72 Å². The lowest BCUT2D eigenvalue weighted by Gasteiger charge is -2.04. The van der Waals surface area contributed by atoms with Crippen LogP contribution in [-0.4, -0.2) is 14.3 Å². The molecule has 0 atom stereocenters. The van der Waals surface area contributed by atoms with Gasteiger partial charge >= 0.3 is 0 Å². The van der Waals surface area contributed by atoms with Gasteiger partial charge < -0.3 is 0 Å². The number of rotatable bonds is 3. The second-order valence-electron chi connectivity index (χ2n) is 2.99. The molecular formula is C10H11NO3S. The van der Waals surface area contributed by atoms with E-state index in [1.165, 1.54) is 12.1 Å². The summed E-state index contributed by atoms with van der Waals surface area (Å²) in [5.74, 6) is -0.740. The molecule has 80 valence electrons. The first kappa shape index (κ1) is 11.5. The fraction of sp³-hybridized carbons (Fsp3) is 0.100. The highest BCUT2D eigenvalue weighted by molar-refractivity contribution is 7.90. The number of hydrogen-bond donors (Lipinski definition) is 1. The lowest BCUT2D eigenvalue weighted by Crippen LogP contribution is -2.28. The molecule has 0 aromatic heterocycles. The van der Waals surface area contributed by atoms with Gasteiger partial charge in [0.25, 0.3) is 15.9 Å². The number of amides is 1. The maximum absolute atomic E-state index is 11.5. The Morgan fingerprint density at radius 3 is 2.33 bits per heavy atom. The third kappa shape index (κ3) is 2.92. The largest absolute Gasteiger partial charge is 0.269 e. The molecule has 1 amide bonds. The fourth-order valence-electron chi connectivity index (χ4n) is 0.950. The van der Waals surface area contributed by atoms with Crippen molar-refractivity contribution in [3.63, 3.8) is 0 Å². The summed E-state index contributed by atoms with van der Waals surface area (Å²) < 4.78 is 24.9. The van der Waals surface area contributed by atoms with Gasteiger partial charge in [-0.2, -0.15) is 0 Å². The van der Waals surface area contributed by atoms with Crippen LogP contribution in [0.2, 0.25) is 0 Å². The minimum Gasteiger partial charge on any atom is -0.269 e. The lowest BCUT2D eigenvalue weighted by atomic mass is 10.2. The van der Waals surface area contributed by atoms with E-state index in [-0.39, 0.29) is 4.90 Å². The van der Waals surface area contributed by atoms with Crippen LogP contribution in [0.1, 0.15) is 5.56 Å².